The van der Waals surface area contributed by atoms with Crippen LogP contribution in [0.5, 0.6) is 0 Å². The summed E-state index contributed by atoms with van der Waals surface area (Å²) in [7, 11) is 0. The molecule has 104 valence electrons. The number of pyridine rings is 2. The van der Waals surface area contributed by atoms with Gasteiger partial charge in [0.05, 0.1) is 17.3 Å². The number of rotatable bonds is 2. The molecule has 2 aromatic heterocycles. The monoisotopic (exact) mass is 282 g/mol. The van der Waals surface area contributed by atoms with E-state index in [0.717, 1.165) is 6.20 Å². The van der Waals surface area contributed by atoms with Gasteiger partial charge in [-0.3, -0.25) is 4.79 Å². The molecule has 0 aliphatic heterocycles. The number of nitrogen functional groups attached to an aromatic ring is 1. The third-order valence-corrected chi connectivity index (χ3v) is 2.95. The van der Waals surface area contributed by atoms with Crippen LogP contribution in [0.4, 0.5) is 16.0 Å². The second-order valence-corrected chi connectivity index (χ2v) is 4.43. The molecule has 0 fully saturated rings. The van der Waals surface area contributed by atoms with Crippen molar-refractivity contribution in [3.63, 3.8) is 0 Å². The number of hydrogen-bond donors (Lipinski definition) is 2. The molecule has 2 heterocycles. The van der Waals surface area contributed by atoms with Gasteiger partial charge in [-0.15, -0.1) is 0 Å². The Bertz CT molecular complexity index is 818. The number of carbonyl (C=O) groups is 1. The number of benzene rings is 1. The summed E-state index contributed by atoms with van der Waals surface area (Å²) < 4.78 is 12.8. The molecular weight excluding hydrogens is 271 g/mol. The molecule has 0 saturated heterocycles. The van der Waals surface area contributed by atoms with Gasteiger partial charge in [0.1, 0.15) is 17.5 Å². The van der Waals surface area contributed by atoms with Gasteiger partial charge in [-0.2, -0.15) is 0 Å². The number of anilines is 2. The highest BCUT2D eigenvalue weighted by atomic mass is 19.1. The van der Waals surface area contributed by atoms with Crippen LogP contribution in [-0.4, -0.2) is 15.9 Å². The number of carbonyl (C=O) groups excluding carboxylic acids is 1. The fourth-order valence-corrected chi connectivity index (χ4v) is 2.02. The number of aromatic nitrogens is 2. The fraction of sp³-hybridized carbons (Fsp3) is 0. The van der Waals surface area contributed by atoms with E-state index in [9.17, 15) is 9.18 Å². The number of amides is 1. The first-order chi connectivity index (χ1) is 10.1. The van der Waals surface area contributed by atoms with E-state index in [1.807, 2.05) is 12.1 Å². The standard InChI is InChI=1S/C15H11FN4O/c16-9-5-6-14(18-8-9)20-15(21)11-7-13(17)19-12-4-2-1-3-10(11)12/h1-8H,(H2,17,19)(H,18,20,21). The van der Waals surface area contributed by atoms with Crippen LogP contribution >= 0.6 is 0 Å². The smallest absolute Gasteiger partial charge is 0.257 e. The normalized spacial score (nSPS) is 10.5. The average Bonchev–Trinajstić information content (AvgIpc) is 2.48. The molecule has 0 aliphatic carbocycles. The minimum atomic E-state index is -0.466. The lowest BCUT2D eigenvalue weighted by molar-refractivity contribution is 0.102. The molecule has 3 aromatic rings. The van der Waals surface area contributed by atoms with Gasteiger partial charge < -0.3 is 11.1 Å². The van der Waals surface area contributed by atoms with Crippen molar-refractivity contribution in [1.29, 1.82) is 0 Å². The lowest BCUT2D eigenvalue weighted by Crippen LogP contribution is -2.14. The average molecular weight is 282 g/mol. The molecule has 5 nitrogen and oxygen atoms in total. The SMILES string of the molecule is Nc1cc(C(=O)Nc2ccc(F)cn2)c2ccccc2n1. The van der Waals surface area contributed by atoms with Crippen molar-refractivity contribution in [1.82, 2.24) is 9.97 Å². The summed E-state index contributed by atoms with van der Waals surface area (Å²) in [4.78, 5) is 20.3. The Balaban J connectivity index is 1.99. The van der Waals surface area contributed by atoms with Gasteiger partial charge in [-0.1, -0.05) is 18.2 Å². The summed E-state index contributed by atoms with van der Waals surface area (Å²) in [5.74, 6) is -0.321. The van der Waals surface area contributed by atoms with Gasteiger partial charge in [0.15, 0.2) is 0 Å². The summed E-state index contributed by atoms with van der Waals surface area (Å²) >= 11 is 0. The van der Waals surface area contributed by atoms with Crippen molar-refractivity contribution in [3.05, 3.63) is 60.0 Å². The Hall–Kier alpha value is -3.02. The Morgan fingerprint density at radius 3 is 2.76 bits per heavy atom. The maximum atomic E-state index is 12.8. The van der Waals surface area contributed by atoms with E-state index < -0.39 is 5.82 Å². The summed E-state index contributed by atoms with van der Waals surface area (Å²) in [6.07, 6.45) is 1.04. The zero-order chi connectivity index (χ0) is 14.8. The summed E-state index contributed by atoms with van der Waals surface area (Å²) in [6, 6.07) is 11.3. The number of halogens is 1. The predicted octanol–water partition coefficient (Wildman–Crippen LogP) is 2.60. The van der Waals surface area contributed by atoms with E-state index in [1.165, 1.54) is 18.2 Å². The highest BCUT2D eigenvalue weighted by molar-refractivity contribution is 6.12. The van der Waals surface area contributed by atoms with Crippen LogP contribution in [0.2, 0.25) is 0 Å². The van der Waals surface area contributed by atoms with Gasteiger partial charge in [-0.05, 0) is 24.3 Å². The van der Waals surface area contributed by atoms with Crippen LogP contribution in [-0.2, 0) is 0 Å². The van der Waals surface area contributed by atoms with Gasteiger partial charge in [0.25, 0.3) is 5.91 Å². The second-order valence-electron chi connectivity index (χ2n) is 4.43. The Morgan fingerprint density at radius 2 is 2.00 bits per heavy atom. The van der Waals surface area contributed by atoms with Crippen LogP contribution in [0.15, 0.2) is 48.7 Å². The molecule has 1 aromatic carbocycles. The maximum absolute atomic E-state index is 12.8. The fourth-order valence-electron chi connectivity index (χ4n) is 2.02. The third kappa shape index (κ3) is 2.64. The maximum Gasteiger partial charge on any atom is 0.257 e. The predicted molar refractivity (Wildman–Crippen MR) is 78.3 cm³/mol. The van der Waals surface area contributed by atoms with Crippen molar-refractivity contribution >= 4 is 28.4 Å². The first-order valence-electron chi connectivity index (χ1n) is 6.21. The third-order valence-electron chi connectivity index (χ3n) is 2.95. The molecule has 0 radical (unpaired) electrons. The van der Waals surface area contributed by atoms with Crippen LogP contribution in [0.3, 0.4) is 0 Å². The molecule has 0 unspecified atom stereocenters. The summed E-state index contributed by atoms with van der Waals surface area (Å²) in [5.41, 5.74) is 6.75. The highest BCUT2D eigenvalue weighted by Crippen LogP contribution is 2.20. The lowest BCUT2D eigenvalue weighted by atomic mass is 10.1. The van der Waals surface area contributed by atoms with E-state index in [-0.39, 0.29) is 17.5 Å². The van der Waals surface area contributed by atoms with Crippen molar-refractivity contribution in [2.75, 3.05) is 11.1 Å². The van der Waals surface area contributed by atoms with E-state index >= 15 is 0 Å². The molecule has 0 atom stereocenters. The molecule has 6 heteroatoms. The number of nitrogens with zero attached hydrogens (tertiary/aromatic N) is 2. The van der Waals surface area contributed by atoms with Crippen LogP contribution in [0.1, 0.15) is 10.4 Å². The van der Waals surface area contributed by atoms with Crippen molar-refractivity contribution < 1.29 is 9.18 Å². The molecule has 3 N–H and O–H groups in total. The van der Waals surface area contributed by atoms with Crippen LogP contribution in [0, 0.1) is 5.82 Å². The number of fused-ring (bicyclic) bond motifs is 1. The second kappa shape index (κ2) is 5.16. The molecule has 0 aliphatic rings. The number of hydrogen-bond acceptors (Lipinski definition) is 4. The van der Waals surface area contributed by atoms with Crippen LogP contribution < -0.4 is 11.1 Å². The first kappa shape index (κ1) is 13.0. The molecule has 3 rings (SSSR count). The van der Waals surface area contributed by atoms with Gasteiger partial charge in [-0.25, -0.2) is 14.4 Å². The van der Waals surface area contributed by atoms with Gasteiger partial charge >= 0.3 is 0 Å². The largest absolute Gasteiger partial charge is 0.384 e. The number of para-hydroxylation sites is 1. The number of nitrogens with two attached hydrogens (primary N) is 1. The zero-order valence-corrected chi connectivity index (χ0v) is 10.9. The van der Waals surface area contributed by atoms with E-state index in [4.69, 9.17) is 5.73 Å². The summed E-state index contributed by atoms with van der Waals surface area (Å²) in [6.45, 7) is 0. The minimum Gasteiger partial charge on any atom is -0.384 e. The van der Waals surface area contributed by atoms with Crippen molar-refractivity contribution in [3.8, 4) is 0 Å². The topological polar surface area (TPSA) is 80.9 Å². The highest BCUT2D eigenvalue weighted by Gasteiger charge is 2.12. The minimum absolute atomic E-state index is 0.255. The first-order valence-corrected chi connectivity index (χ1v) is 6.21. The van der Waals surface area contributed by atoms with E-state index in [2.05, 4.69) is 15.3 Å². The molecule has 0 spiro atoms. The Kier molecular flexibility index (Phi) is 3.19. The van der Waals surface area contributed by atoms with Gasteiger partial charge in [0, 0.05) is 5.39 Å². The Labute approximate surface area is 119 Å². The number of nitrogens with one attached hydrogen (secondary N) is 1. The molecule has 0 saturated carbocycles. The van der Waals surface area contributed by atoms with Crippen molar-refractivity contribution in [2.45, 2.75) is 0 Å². The van der Waals surface area contributed by atoms with E-state index in [0.29, 0.717) is 16.5 Å². The lowest BCUT2D eigenvalue weighted by Gasteiger charge is -2.08. The Morgan fingerprint density at radius 1 is 1.19 bits per heavy atom. The molecule has 21 heavy (non-hydrogen) atoms. The van der Waals surface area contributed by atoms with Crippen molar-refractivity contribution in [2.24, 2.45) is 0 Å². The van der Waals surface area contributed by atoms with Gasteiger partial charge in [0.2, 0.25) is 0 Å². The molecule has 0 bridgehead atoms. The van der Waals surface area contributed by atoms with Crippen LogP contribution in [0.25, 0.3) is 10.9 Å². The van der Waals surface area contributed by atoms with E-state index in [1.54, 1.807) is 12.1 Å². The molecular formula is C15H11FN4O. The molecule has 1 amide bonds. The summed E-state index contributed by atoms with van der Waals surface area (Å²) in [5, 5.41) is 3.29. The quantitative estimate of drug-likeness (QED) is 0.757. The zero-order valence-electron chi connectivity index (χ0n) is 10.9.